The smallest absolute Gasteiger partial charge is 0.373 e. The summed E-state index contributed by atoms with van der Waals surface area (Å²) in [5.41, 5.74) is 0.453. The number of hydrogen-bond donors (Lipinski definition) is 0. The van der Waals surface area contributed by atoms with Crippen LogP contribution in [0.4, 0.5) is 0 Å². The Morgan fingerprint density at radius 3 is 2.27 bits per heavy atom. The van der Waals surface area contributed by atoms with Gasteiger partial charge in [-0.25, -0.2) is 0 Å². The minimum absolute atomic E-state index is 0. The van der Waals surface area contributed by atoms with E-state index < -0.39 is 0 Å². The second kappa shape index (κ2) is 5.05. The molecular weight excluding hydrogens is 300 g/mol. The summed E-state index contributed by atoms with van der Waals surface area (Å²) in [6.07, 6.45) is 15.5. The van der Waals surface area contributed by atoms with E-state index in [-0.39, 0.29) is 23.5 Å². The standard InChI is InChI=1S/C17H25N2O2.ClH/c1-3-7-16(8-4-1)11-20-14-15-19(13-18(14)16)17(12-21-15)9-5-2-6-10-17;/h13H,1-12H2;1H/q+1;/p-1. The third kappa shape index (κ3) is 1.79. The minimum atomic E-state index is 0. The lowest BCUT2D eigenvalue weighted by Crippen LogP contribution is -3.00. The largest absolute Gasteiger partial charge is 1.00 e. The Labute approximate surface area is 138 Å². The Hall–Kier alpha value is -0.900. The van der Waals surface area contributed by atoms with Gasteiger partial charge in [-0.05, 0) is 51.4 Å². The lowest BCUT2D eigenvalue weighted by Gasteiger charge is -2.30. The molecule has 22 heavy (non-hydrogen) atoms. The fraction of sp³-hybridized carbons (Fsp3) is 0.824. The number of fused-ring (bicyclic) bond motifs is 5. The highest BCUT2D eigenvalue weighted by Crippen LogP contribution is 2.48. The molecule has 0 unspecified atom stereocenters. The SMILES string of the molecule is [Cl-].c1n2c(c3[n+]1C1(CCCCC1)CO3)OCC21CCCCC1. The number of halogens is 1. The van der Waals surface area contributed by atoms with E-state index >= 15 is 0 Å². The summed E-state index contributed by atoms with van der Waals surface area (Å²) in [5, 5.41) is 0. The van der Waals surface area contributed by atoms with E-state index in [1.807, 2.05) is 0 Å². The number of aromatic nitrogens is 2. The van der Waals surface area contributed by atoms with Gasteiger partial charge < -0.3 is 21.9 Å². The Kier molecular flexibility index (Phi) is 3.37. The van der Waals surface area contributed by atoms with Crippen LogP contribution in [0.5, 0.6) is 11.8 Å². The van der Waals surface area contributed by atoms with Crippen molar-refractivity contribution in [1.82, 2.24) is 4.57 Å². The normalized spacial score (nSPS) is 26.9. The fourth-order valence-electron chi connectivity index (χ4n) is 5.10. The molecule has 0 N–H and O–H groups in total. The average molecular weight is 325 g/mol. The van der Waals surface area contributed by atoms with Crippen molar-refractivity contribution in [2.75, 3.05) is 13.2 Å². The van der Waals surface area contributed by atoms with Crippen molar-refractivity contribution in [2.24, 2.45) is 0 Å². The summed E-state index contributed by atoms with van der Waals surface area (Å²) in [4.78, 5) is 0. The molecule has 4 aliphatic rings. The molecule has 1 aromatic heterocycles. The quantitative estimate of drug-likeness (QED) is 0.622. The lowest BCUT2D eigenvalue weighted by molar-refractivity contribution is -0.749. The molecule has 2 spiro atoms. The summed E-state index contributed by atoms with van der Waals surface area (Å²) >= 11 is 0. The molecule has 0 aromatic carbocycles. The van der Waals surface area contributed by atoms with E-state index in [2.05, 4.69) is 15.5 Å². The third-order valence-corrected chi connectivity index (χ3v) is 6.40. The molecule has 0 bridgehead atoms. The van der Waals surface area contributed by atoms with Crippen molar-refractivity contribution in [1.29, 1.82) is 0 Å². The predicted molar refractivity (Wildman–Crippen MR) is 77.7 cm³/mol. The summed E-state index contributed by atoms with van der Waals surface area (Å²) in [6.45, 7) is 1.71. The van der Waals surface area contributed by atoms with Gasteiger partial charge in [0, 0.05) is 0 Å². The number of imidazole rings is 1. The molecule has 0 saturated heterocycles. The van der Waals surface area contributed by atoms with Crippen LogP contribution in [-0.4, -0.2) is 17.8 Å². The number of nitrogens with zero attached hydrogens (tertiary/aromatic N) is 2. The summed E-state index contributed by atoms with van der Waals surface area (Å²) in [5.74, 6) is 2.03. The second-order valence-electron chi connectivity index (χ2n) is 7.61. The van der Waals surface area contributed by atoms with Crippen LogP contribution in [0.3, 0.4) is 0 Å². The fourth-order valence-corrected chi connectivity index (χ4v) is 5.10. The Morgan fingerprint density at radius 2 is 1.55 bits per heavy atom. The molecule has 5 rings (SSSR count). The van der Waals surface area contributed by atoms with Crippen LogP contribution in [0.2, 0.25) is 0 Å². The highest BCUT2D eigenvalue weighted by Gasteiger charge is 2.56. The van der Waals surface area contributed by atoms with Gasteiger partial charge >= 0.3 is 11.8 Å². The zero-order valence-electron chi connectivity index (χ0n) is 13.2. The molecule has 2 saturated carbocycles. The van der Waals surface area contributed by atoms with Gasteiger partial charge in [0.15, 0.2) is 0 Å². The molecule has 5 heteroatoms. The van der Waals surface area contributed by atoms with Crippen LogP contribution in [0.15, 0.2) is 6.33 Å². The molecule has 122 valence electrons. The van der Waals surface area contributed by atoms with E-state index in [0.29, 0.717) is 0 Å². The highest BCUT2D eigenvalue weighted by atomic mass is 35.5. The van der Waals surface area contributed by atoms with Crippen LogP contribution in [0, 0.1) is 0 Å². The molecular formula is C17H25ClN2O2. The summed E-state index contributed by atoms with van der Waals surface area (Å²) in [7, 11) is 0. The van der Waals surface area contributed by atoms with Crippen LogP contribution in [-0.2, 0) is 11.1 Å². The number of hydrogen-bond acceptors (Lipinski definition) is 2. The van der Waals surface area contributed by atoms with Gasteiger partial charge in [-0.2, -0.15) is 9.13 Å². The maximum Gasteiger partial charge on any atom is 0.373 e. The van der Waals surface area contributed by atoms with Gasteiger partial charge in [-0.3, -0.25) is 0 Å². The monoisotopic (exact) mass is 324 g/mol. The Bertz CT molecular complexity index is 523. The van der Waals surface area contributed by atoms with E-state index in [0.717, 1.165) is 25.0 Å². The van der Waals surface area contributed by atoms with E-state index in [1.54, 1.807) is 0 Å². The predicted octanol–water partition coefficient (Wildman–Crippen LogP) is -0.117. The maximum absolute atomic E-state index is 6.13. The highest BCUT2D eigenvalue weighted by molar-refractivity contribution is 5.29. The van der Waals surface area contributed by atoms with Gasteiger partial charge in [-0.1, -0.05) is 12.8 Å². The molecule has 0 amide bonds. The first kappa shape index (κ1) is 14.7. The van der Waals surface area contributed by atoms with Crippen molar-refractivity contribution >= 4 is 0 Å². The van der Waals surface area contributed by atoms with Crippen molar-refractivity contribution in [2.45, 2.75) is 75.3 Å². The Morgan fingerprint density at radius 1 is 0.864 bits per heavy atom. The second-order valence-corrected chi connectivity index (χ2v) is 7.61. The van der Waals surface area contributed by atoms with Crippen molar-refractivity contribution < 1.29 is 26.4 Å². The van der Waals surface area contributed by atoms with Crippen molar-refractivity contribution in [3.05, 3.63) is 6.33 Å². The van der Waals surface area contributed by atoms with Gasteiger partial charge in [0.25, 0.3) is 6.33 Å². The van der Waals surface area contributed by atoms with Crippen molar-refractivity contribution in [3.8, 4) is 11.8 Å². The van der Waals surface area contributed by atoms with Gasteiger partial charge in [0.2, 0.25) is 0 Å². The number of ether oxygens (including phenoxy) is 2. The van der Waals surface area contributed by atoms with E-state index in [9.17, 15) is 0 Å². The molecule has 2 fully saturated rings. The van der Waals surface area contributed by atoms with Gasteiger partial charge in [-0.15, -0.1) is 0 Å². The maximum atomic E-state index is 6.13. The first-order chi connectivity index (χ1) is 10.3. The molecule has 3 heterocycles. The molecule has 0 atom stereocenters. The van der Waals surface area contributed by atoms with Gasteiger partial charge in [0.05, 0.1) is 0 Å². The van der Waals surface area contributed by atoms with Crippen LogP contribution >= 0.6 is 0 Å². The number of rotatable bonds is 0. The molecule has 4 nitrogen and oxygen atoms in total. The third-order valence-electron chi connectivity index (χ3n) is 6.40. The average Bonchev–Trinajstić information content (AvgIpc) is 3.16. The first-order valence-corrected chi connectivity index (χ1v) is 8.77. The Balaban J connectivity index is 0.00000125. The van der Waals surface area contributed by atoms with E-state index in [4.69, 9.17) is 9.47 Å². The molecule has 2 aliphatic carbocycles. The van der Waals surface area contributed by atoms with Crippen LogP contribution in [0.1, 0.15) is 64.2 Å². The van der Waals surface area contributed by atoms with E-state index in [1.165, 1.54) is 64.2 Å². The zero-order chi connectivity index (χ0) is 13.9. The summed E-state index contributed by atoms with van der Waals surface area (Å²) in [6, 6.07) is 0. The van der Waals surface area contributed by atoms with Gasteiger partial charge in [0.1, 0.15) is 24.3 Å². The minimum Gasteiger partial charge on any atom is -1.00 e. The van der Waals surface area contributed by atoms with Crippen LogP contribution < -0.4 is 26.4 Å². The molecule has 0 radical (unpaired) electrons. The topological polar surface area (TPSA) is 27.3 Å². The zero-order valence-corrected chi connectivity index (χ0v) is 13.9. The molecule has 2 aliphatic heterocycles. The summed E-state index contributed by atoms with van der Waals surface area (Å²) < 4.78 is 17.1. The molecule has 1 aromatic rings. The lowest BCUT2D eigenvalue weighted by atomic mass is 9.82. The van der Waals surface area contributed by atoms with Crippen LogP contribution in [0.25, 0.3) is 0 Å². The first-order valence-electron chi connectivity index (χ1n) is 8.77. The van der Waals surface area contributed by atoms with Crippen molar-refractivity contribution in [3.63, 3.8) is 0 Å².